The second-order valence-corrected chi connectivity index (χ2v) is 4.75. The van der Waals surface area contributed by atoms with Crippen LogP contribution in [0.2, 0.25) is 0 Å². The number of para-hydroxylation sites is 1. The molecule has 0 amide bonds. The lowest BCUT2D eigenvalue weighted by atomic mass is 9.69. The summed E-state index contributed by atoms with van der Waals surface area (Å²) < 4.78 is 9.15. The standard InChI is InChI=1S/C13H16BN5O4/c15-8-10-11(18-9-4-2-1-3-5-9)6-7-12(19(20)21)13(10)14(22-16)23-17/h1-5,8,15,18H,6-7,16-17H2. The molecule has 6 N–H and O–H groups in total. The third-order valence-electron chi connectivity index (χ3n) is 3.45. The molecule has 0 unspecified atom stereocenters. The first-order chi connectivity index (χ1) is 11.1. The summed E-state index contributed by atoms with van der Waals surface area (Å²) in [6.45, 7) is 0. The Hall–Kier alpha value is -2.53. The monoisotopic (exact) mass is 317 g/mol. The van der Waals surface area contributed by atoms with Gasteiger partial charge in [0.25, 0.3) is 0 Å². The number of hydrogen-bond acceptors (Lipinski definition) is 8. The van der Waals surface area contributed by atoms with Gasteiger partial charge in [0, 0.05) is 29.6 Å². The number of rotatable bonds is 7. The SMILES string of the molecule is N=CC1=C(Nc2ccccc2)CCC([N+](=O)[O-])=C1B(ON)ON. The molecule has 1 aromatic rings. The van der Waals surface area contributed by atoms with Gasteiger partial charge < -0.3 is 20.2 Å². The van der Waals surface area contributed by atoms with Crippen LogP contribution in [0, 0.1) is 15.5 Å². The molecular weight excluding hydrogens is 301 g/mol. The van der Waals surface area contributed by atoms with E-state index in [0.717, 1.165) is 11.9 Å². The molecule has 0 aromatic heterocycles. The van der Waals surface area contributed by atoms with Crippen molar-refractivity contribution in [2.24, 2.45) is 11.8 Å². The molecule has 0 bridgehead atoms. The first-order valence-electron chi connectivity index (χ1n) is 6.77. The molecule has 0 aliphatic heterocycles. The highest BCUT2D eigenvalue weighted by molar-refractivity contribution is 6.56. The predicted molar refractivity (Wildman–Crippen MR) is 85.4 cm³/mol. The van der Waals surface area contributed by atoms with Crippen LogP contribution < -0.4 is 17.1 Å². The molecule has 0 fully saturated rings. The van der Waals surface area contributed by atoms with Gasteiger partial charge in [0.1, 0.15) is 0 Å². The Balaban J connectivity index is 2.50. The molecule has 23 heavy (non-hydrogen) atoms. The predicted octanol–water partition coefficient (Wildman–Crippen LogP) is 1.13. The van der Waals surface area contributed by atoms with Crippen molar-refractivity contribution in [3.8, 4) is 0 Å². The average Bonchev–Trinajstić information content (AvgIpc) is 2.57. The Morgan fingerprint density at radius 2 is 1.91 bits per heavy atom. The number of hydrogen-bond donors (Lipinski definition) is 4. The van der Waals surface area contributed by atoms with Crippen molar-refractivity contribution in [1.29, 1.82) is 5.41 Å². The van der Waals surface area contributed by atoms with Gasteiger partial charge in [-0.15, -0.1) is 0 Å². The van der Waals surface area contributed by atoms with E-state index < -0.39 is 12.0 Å². The van der Waals surface area contributed by atoms with Crippen molar-refractivity contribution in [2.75, 3.05) is 5.32 Å². The van der Waals surface area contributed by atoms with Crippen LogP contribution in [0.25, 0.3) is 0 Å². The number of nitrogens with zero attached hydrogens (tertiary/aromatic N) is 1. The highest BCUT2D eigenvalue weighted by Crippen LogP contribution is 2.32. The number of nitrogens with two attached hydrogens (primary N) is 2. The summed E-state index contributed by atoms with van der Waals surface area (Å²) >= 11 is 0. The van der Waals surface area contributed by atoms with Gasteiger partial charge in [-0.3, -0.25) is 10.1 Å². The van der Waals surface area contributed by atoms with E-state index in [4.69, 9.17) is 17.2 Å². The van der Waals surface area contributed by atoms with Crippen LogP contribution in [-0.2, 0) is 9.51 Å². The van der Waals surface area contributed by atoms with Crippen molar-refractivity contribution in [3.05, 3.63) is 62.9 Å². The first kappa shape index (κ1) is 16.8. The zero-order chi connectivity index (χ0) is 16.8. The number of anilines is 1. The van der Waals surface area contributed by atoms with Crippen LogP contribution in [0.4, 0.5) is 5.69 Å². The molecule has 0 spiro atoms. The van der Waals surface area contributed by atoms with Gasteiger partial charge in [-0.05, 0) is 18.6 Å². The number of nitrogens with one attached hydrogen (secondary N) is 2. The molecule has 1 aliphatic carbocycles. The van der Waals surface area contributed by atoms with Crippen LogP contribution in [-0.4, -0.2) is 18.3 Å². The molecule has 10 heteroatoms. The second-order valence-electron chi connectivity index (χ2n) is 4.75. The van der Waals surface area contributed by atoms with Crippen LogP contribution in [0.3, 0.4) is 0 Å². The van der Waals surface area contributed by atoms with Gasteiger partial charge in [-0.1, -0.05) is 18.2 Å². The van der Waals surface area contributed by atoms with Gasteiger partial charge in [0.15, 0.2) is 0 Å². The molecule has 1 aliphatic rings. The Kier molecular flexibility index (Phi) is 5.60. The second kappa shape index (κ2) is 7.65. The molecule has 1 aromatic carbocycles. The van der Waals surface area contributed by atoms with E-state index >= 15 is 0 Å². The van der Waals surface area contributed by atoms with Crippen LogP contribution in [0.5, 0.6) is 0 Å². The fourth-order valence-electron chi connectivity index (χ4n) is 2.44. The summed E-state index contributed by atoms with van der Waals surface area (Å²) in [5.74, 6) is 10.2. The van der Waals surface area contributed by atoms with E-state index in [-0.39, 0.29) is 23.2 Å². The van der Waals surface area contributed by atoms with Gasteiger partial charge in [0.2, 0.25) is 5.70 Å². The van der Waals surface area contributed by atoms with E-state index in [9.17, 15) is 10.1 Å². The summed E-state index contributed by atoms with van der Waals surface area (Å²) in [4.78, 5) is 10.7. The molecular formula is C13H16BN5O4. The maximum absolute atomic E-state index is 11.3. The van der Waals surface area contributed by atoms with Crippen LogP contribution >= 0.6 is 0 Å². The largest absolute Gasteiger partial charge is 0.535 e. The minimum absolute atomic E-state index is 0.0414. The molecule has 0 heterocycles. The third-order valence-corrected chi connectivity index (χ3v) is 3.45. The number of allylic oxidation sites excluding steroid dienone is 4. The Morgan fingerprint density at radius 3 is 2.43 bits per heavy atom. The Labute approximate surface area is 132 Å². The summed E-state index contributed by atoms with van der Waals surface area (Å²) in [7, 11) is -1.33. The van der Waals surface area contributed by atoms with E-state index in [1.165, 1.54) is 0 Å². The van der Waals surface area contributed by atoms with Gasteiger partial charge in [-0.2, -0.15) is 0 Å². The molecule has 0 atom stereocenters. The van der Waals surface area contributed by atoms with Crippen LogP contribution in [0.1, 0.15) is 12.8 Å². The maximum atomic E-state index is 11.3. The zero-order valence-corrected chi connectivity index (χ0v) is 12.2. The van der Waals surface area contributed by atoms with E-state index in [1.54, 1.807) is 0 Å². The minimum Gasteiger partial charge on any atom is -0.358 e. The normalized spacial score (nSPS) is 14.7. The number of nitro groups is 1. The summed E-state index contributed by atoms with van der Waals surface area (Å²) in [5, 5.41) is 22.0. The molecule has 0 radical (unpaired) electrons. The number of benzene rings is 1. The third kappa shape index (κ3) is 3.63. The van der Waals surface area contributed by atoms with E-state index in [1.807, 2.05) is 30.3 Å². The highest BCUT2D eigenvalue weighted by atomic mass is 16.7. The molecule has 9 nitrogen and oxygen atoms in total. The average molecular weight is 317 g/mol. The topological polar surface area (TPSA) is 150 Å². The zero-order valence-electron chi connectivity index (χ0n) is 12.2. The first-order valence-corrected chi connectivity index (χ1v) is 6.77. The van der Waals surface area contributed by atoms with Gasteiger partial charge >= 0.3 is 7.12 Å². The highest BCUT2D eigenvalue weighted by Gasteiger charge is 2.38. The van der Waals surface area contributed by atoms with E-state index in [0.29, 0.717) is 12.1 Å². The molecule has 0 saturated heterocycles. The van der Waals surface area contributed by atoms with Crippen molar-refractivity contribution in [3.63, 3.8) is 0 Å². The lowest BCUT2D eigenvalue weighted by Crippen LogP contribution is -2.36. The van der Waals surface area contributed by atoms with E-state index in [2.05, 4.69) is 14.8 Å². The Bertz CT molecular complexity index is 658. The van der Waals surface area contributed by atoms with Crippen molar-refractivity contribution < 1.29 is 14.4 Å². The molecule has 120 valence electrons. The lowest BCUT2D eigenvalue weighted by molar-refractivity contribution is -0.428. The van der Waals surface area contributed by atoms with Crippen molar-refractivity contribution >= 4 is 19.0 Å². The summed E-state index contributed by atoms with van der Waals surface area (Å²) in [5.41, 5.74) is 1.60. The van der Waals surface area contributed by atoms with Gasteiger partial charge in [0.05, 0.1) is 10.4 Å². The maximum Gasteiger partial charge on any atom is 0.535 e. The quantitative estimate of drug-likeness (QED) is 0.255. The smallest absolute Gasteiger partial charge is 0.358 e. The lowest BCUT2D eigenvalue weighted by Gasteiger charge is -2.22. The fourth-order valence-corrected chi connectivity index (χ4v) is 2.44. The fraction of sp³-hybridized carbons (Fsp3) is 0.154. The van der Waals surface area contributed by atoms with Crippen molar-refractivity contribution in [2.45, 2.75) is 12.8 Å². The van der Waals surface area contributed by atoms with Crippen LogP contribution in [0.15, 0.2) is 52.8 Å². The molecule has 2 rings (SSSR count). The summed E-state index contributed by atoms with van der Waals surface area (Å²) in [6.07, 6.45) is 1.49. The minimum atomic E-state index is -1.33. The Morgan fingerprint density at radius 1 is 1.26 bits per heavy atom. The van der Waals surface area contributed by atoms with Crippen molar-refractivity contribution in [1.82, 2.24) is 0 Å². The molecule has 0 saturated carbocycles. The van der Waals surface area contributed by atoms with Gasteiger partial charge in [-0.25, -0.2) is 11.8 Å². The summed E-state index contributed by atoms with van der Waals surface area (Å²) in [6, 6.07) is 9.26.